The third-order valence-electron chi connectivity index (χ3n) is 3.70. The molecule has 0 unspecified atom stereocenters. The van der Waals surface area contributed by atoms with Gasteiger partial charge in [-0.25, -0.2) is 0 Å². The Morgan fingerprint density at radius 1 is 1.04 bits per heavy atom. The van der Waals surface area contributed by atoms with Crippen molar-refractivity contribution in [2.75, 3.05) is 0 Å². The highest BCUT2D eigenvalue weighted by Gasteiger charge is 2.14. The topological polar surface area (TPSA) is 69.7 Å². The Labute approximate surface area is 136 Å². The van der Waals surface area contributed by atoms with Gasteiger partial charge in [0.1, 0.15) is 34.5 Å². The van der Waals surface area contributed by atoms with Crippen LogP contribution in [0.5, 0.6) is 5.75 Å². The first-order valence-corrected chi connectivity index (χ1v) is 7.35. The molecule has 0 spiro atoms. The Morgan fingerprint density at radius 3 is 2.67 bits per heavy atom. The summed E-state index contributed by atoms with van der Waals surface area (Å²) in [4.78, 5) is 23.7. The summed E-state index contributed by atoms with van der Waals surface area (Å²) >= 11 is 0. The fraction of sp³-hybridized carbons (Fsp3) is 0.0526. The Balaban J connectivity index is 1.86. The van der Waals surface area contributed by atoms with Gasteiger partial charge in [-0.05, 0) is 24.3 Å². The molecule has 0 bridgehead atoms. The summed E-state index contributed by atoms with van der Waals surface area (Å²) < 4.78 is 16.3. The quantitative estimate of drug-likeness (QED) is 0.410. The SMILES string of the molecule is CC(=O)Oc1ccc2c(=O)c(-c3cc4ccccc4o3)coc2c1. The molecule has 0 fully saturated rings. The molecule has 0 aliphatic heterocycles. The van der Waals surface area contributed by atoms with E-state index in [2.05, 4.69) is 0 Å². The minimum Gasteiger partial charge on any atom is -0.463 e. The molecule has 0 aliphatic carbocycles. The first-order chi connectivity index (χ1) is 11.6. The molecular weight excluding hydrogens is 308 g/mol. The summed E-state index contributed by atoms with van der Waals surface area (Å²) in [6, 6.07) is 14.0. The van der Waals surface area contributed by atoms with E-state index in [-0.39, 0.29) is 5.43 Å². The highest BCUT2D eigenvalue weighted by atomic mass is 16.5. The first-order valence-electron chi connectivity index (χ1n) is 7.35. The molecule has 5 nitrogen and oxygen atoms in total. The maximum Gasteiger partial charge on any atom is 0.308 e. The zero-order valence-corrected chi connectivity index (χ0v) is 12.7. The molecule has 0 saturated carbocycles. The van der Waals surface area contributed by atoms with Crippen LogP contribution >= 0.6 is 0 Å². The van der Waals surface area contributed by atoms with Crippen molar-refractivity contribution in [3.05, 3.63) is 65.0 Å². The number of fused-ring (bicyclic) bond motifs is 2. The number of hydrogen-bond donors (Lipinski definition) is 0. The molecule has 2 aromatic carbocycles. The van der Waals surface area contributed by atoms with Crippen molar-refractivity contribution in [1.29, 1.82) is 0 Å². The van der Waals surface area contributed by atoms with Crippen LogP contribution < -0.4 is 10.2 Å². The number of esters is 1. The second-order valence-corrected chi connectivity index (χ2v) is 5.38. The summed E-state index contributed by atoms with van der Waals surface area (Å²) in [6.45, 7) is 1.31. The Morgan fingerprint density at radius 2 is 1.88 bits per heavy atom. The van der Waals surface area contributed by atoms with Crippen molar-refractivity contribution in [3.8, 4) is 17.1 Å². The van der Waals surface area contributed by atoms with Gasteiger partial charge in [-0.2, -0.15) is 0 Å². The molecule has 4 aromatic rings. The molecule has 24 heavy (non-hydrogen) atoms. The molecule has 0 saturated heterocycles. The molecule has 2 aromatic heterocycles. The number of rotatable bonds is 2. The number of hydrogen-bond acceptors (Lipinski definition) is 5. The van der Waals surface area contributed by atoms with Crippen molar-refractivity contribution in [2.45, 2.75) is 6.92 Å². The van der Waals surface area contributed by atoms with Crippen LogP contribution in [-0.2, 0) is 4.79 Å². The number of ether oxygens (including phenoxy) is 1. The lowest BCUT2D eigenvalue weighted by Crippen LogP contribution is -2.05. The average Bonchev–Trinajstić information content (AvgIpc) is 2.98. The van der Waals surface area contributed by atoms with Gasteiger partial charge in [-0.1, -0.05) is 18.2 Å². The van der Waals surface area contributed by atoms with Gasteiger partial charge in [-0.15, -0.1) is 0 Å². The maximum atomic E-state index is 12.7. The normalized spacial score (nSPS) is 11.0. The predicted molar refractivity (Wildman–Crippen MR) is 89.0 cm³/mol. The van der Waals surface area contributed by atoms with Gasteiger partial charge in [0.25, 0.3) is 0 Å². The molecule has 0 N–H and O–H groups in total. The molecule has 0 amide bonds. The van der Waals surface area contributed by atoms with Crippen LogP contribution in [0, 0.1) is 0 Å². The van der Waals surface area contributed by atoms with E-state index in [0.29, 0.717) is 33.6 Å². The number of para-hydroxylation sites is 1. The van der Waals surface area contributed by atoms with Gasteiger partial charge in [0, 0.05) is 18.4 Å². The van der Waals surface area contributed by atoms with Crippen LogP contribution in [0.1, 0.15) is 6.92 Å². The largest absolute Gasteiger partial charge is 0.463 e. The highest BCUT2D eigenvalue weighted by Crippen LogP contribution is 2.28. The van der Waals surface area contributed by atoms with E-state index in [1.54, 1.807) is 18.2 Å². The average molecular weight is 320 g/mol. The van der Waals surface area contributed by atoms with Gasteiger partial charge in [0.15, 0.2) is 0 Å². The molecule has 2 heterocycles. The van der Waals surface area contributed by atoms with Crippen molar-refractivity contribution < 1.29 is 18.4 Å². The van der Waals surface area contributed by atoms with Crippen LogP contribution in [-0.4, -0.2) is 5.97 Å². The van der Waals surface area contributed by atoms with Gasteiger partial charge in [0.05, 0.1) is 5.39 Å². The van der Waals surface area contributed by atoms with E-state index in [1.807, 2.05) is 24.3 Å². The number of furan rings is 1. The zero-order valence-electron chi connectivity index (χ0n) is 12.7. The second kappa shape index (κ2) is 5.38. The van der Waals surface area contributed by atoms with Gasteiger partial charge in [0.2, 0.25) is 5.43 Å². The standard InChI is InChI=1S/C19H12O5/c1-11(20)23-13-6-7-14-17(9-13)22-10-15(19(14)21)18-8-12-4-2-3-5-16(12)24-18/h2-10H,1H3. The van der Waals surface area contributed by atoms with Crippen LogP contribution in [0.15, 0.2) is 68.4 Å². The van der Waals surface area contributed by atoms with Crippen LogP contribution in [0.4, 0.5) is 0 Å². The third-order valence-corrected chi connectivity index (χ3v) is 3.70. The van der Waals surface area contributed by atoms with Gasteiger partial charge >= 0.3 is 5.97 Å². The summed E-state index contributed by atoms with van der Waals surface area (Å²) in [6.07, 6.45) is 1.36. The van der Waals surface area contributed by atoms with E-state index < -0.39 is 5.97 Å². The van der Waals surface area contributed by atoms with E-state index in [1.165, 1.54) is 19.3 Å². The summed E-state index contributed by atoms with van der Waals surface area (Å²) in [5, 5.41) is 1.31. The summed E-state index contributed by atoms with van der Waals surface area (Å²) in [5.41, 5.74) is 1.19. The lowest BCUT2D eigenvalue weighted by Gasteiger charge is -2.03. The molecule has 0 aliphatic rings. The minimum absolute atomic E-state index is 0.204. The van der Waals surface area contributed by atoms with Crippen molar-refractivity contribution in [1.82, 2.24) is 0 Å². The molecule has 0 atom stereocenters. The predicted octanol–water partition coefficient (Wildman–Crippen LogP) is 4.13. The molecule has 118 valence electrons. The van der Waals surface area contributed by atoms with Crippen LogP contribution in [0.2, 0.25) is 0 Å². The summed E-state index contributed by atoms with van der Waals surface area (Å²) in [5.74, 6) is 0.348. The molecule has 5 heteroatoms. The number of carbonyl (C=O) groups excluding carboxylic acids is 1. The van der Waals surface area contributed by atoms with Crippen molar-refractivity contribution >= 4 is 27.9 Å². The lowest BCUT2D eigenvalue weighted by atomic mass is 10.1. The monoisotopic (exact) mass is 320 g/mol. The van der Waals surface area contributed by atoms with E-state index in [9.17, 15) is 9.59 Å². The van der Waals surface area contributed by atoms with Crippen molar-refractivity contribution in [3.63, 3.8) is 0 Å². The van der Waals surface area contributed by atoms with Gasteiger partial charge in [-0.3, -0.25) is 9.59 Å². The van der Waals surface area contributed by atoms with Gasteiger partial charge < -0.3 is 13.6 Å². The number of carbonyl (C=O) groups is 1. The fourth-order valence-corrected chi connectivity index (χ4v) is 2.62. The lowest BCUT2D eigenvalue weighted by molar-refractivity contribution is -0.131. The van der Waals surface area contributed by atoms with E-state index in [4.69, 9.17) is 13.6 Å². The third kappa shape index (κ3) is 2.36. The molecular formula is C19H12O5. The Hall–Kier alpha value is -3.34. The Kier molecular flexibility index (Phi) is 3.20. The first kappa shape index (κ1) is 14.3. The molecule has 4 rings (SSSR count). The summed E-state index contributed by atoms with van der Waals surface area (Å²) in [7, 11) is 0. The van der Waals surface area contributed by atoms with Crippen LogP contribution in [0.3, 0.4) is 0 Å². The molecule has 0 radical (unpaired) electrons. The van der Waals surface area contributed by atoms with Crippen LogP contribution in [0.25, 0.3) is 33.3 Å². The van der Waals surface area contributed by atoms with E-state index >= 15 is 0 Å². The smallest absolute Gasteiger partial charge is 0.308 e. The minimum atomic E-state index is -0.435. The highest BCUT2D eigenvalue weighted by molar-refractivity contribution is 5.86. The van der Waals surface area contributed by atoms with E-state index in [0.717, 1.165) is 5.39 Å². The zero-order chi connectivity index (χ0) is 16.7. The fourth-order valence-electron chi connectivity index (χ4n) is 2.62. The second-order valence-electron chi connectivity index (χ2n) is 5.38. The number of benzene rings is 2. The maximum absolute atomic E-state index is 12.7. The Bertz CT molecular complexity index is 1100. The van der Waals surface area contributed by atoms with Crippen molar-refractivity contribution in [2.24, 2.45) is 0 Å².